The van der Waals surface area contributed by atoms with Gasteiger partial charge in [-0.15, -0.1) is 0 Å². The molecule has 0 aromatic rings. The largest absolute Gasteiger partial charge is 0.444 e. The zero-order valence-electron chi connectivity index (χ0n) is 13.7. The van der Waals surface area contributed by atoms with E-state index < -0.39 is 5.60 Å². The van der Waals surface area contributed by atoms with E-state index in [1.807, 2.05) is 20.8 Å². The van der Waals surface area contributed by atoms with Crippen LogP contribution in [0.25, 0.3) is 0 Å². The smallest absolute Gasteiger partial charge is 0.410 e. The SMILES string of the molecule is CO.COCCN(C)C1CCN(C(=O)OC(C)(C)C)C1. The lowest BCUT2D eigenvalue weighted by Crippen LogP contribution is -2.39. The molecule has 0 aliphatic carbocycles. The lowest BCUT2D eigenvalue weighted by atomic mass is 10.2. The summed E-state index contributed by atoms with van der Waals surface area (Å²) in [7, 11) is 4.78. The van der Waals surface area contributed by atoms with Crippen molar-refractivity contribution < 1.29 is 19.4 Å². The molecule has 0 aromatic heterocycles. The Hall–Kier alpha value is -0.850. The molecule has 6 nitrogen and oxygen atoms in total. The van der Waals surface area contributed by atoms with Crippen LogP contribution >= 0.6 is 0 Å². The zero-order chi connectivity index (χ0) is 15.8. The van der Waals surface area contributed by atoms with E-state index in [0.29, 0.717) is 6.04 Å². The van der Waals surface area contributed by atoms with Gasteiger partial charge in [0.1, 0.15) is 5.60 Å². The van der Waals surface area contributed by atoms with Gasteiger partial charge in [-0.25, -0.2) is 4.79 Å². The second kappa shape index (κ2) is 9.15. The van der Waals surface area contributed by atoms with Gasteiger partial charge in [-0.1, -0.05) is 0 Å². The Labute approximate surface area is 122 Å². The van der Waals surface area contributed by atoms with E-state index in [2.05, 4.69) is 11.9 Å². The molecule has 1 unspecified atom stereocenters. The van der Waals surface area contributed by atoms with Crippen LogP contribution in [0.2, 0.25) is 0 Å². The molecule has 1 rings (SSSR count). The van der Waals surface area contributed by atoms with Gasteiger partial charge in [0.05, 0.1) is 6.61 Å². The summed E-state index contributed by atoms with van der Waals surface area (Å²) >= 11 is 0. The van der Waals surface area contributed by atoms with Crippen LogP contribution in [0.3, 0.4) is 0 Å². The molecule has 1 N–H and O–H groups in total. The van der Waals surface area contributed by atoms with Crippen LogP contribution in [0.5, 0.6) is 0 Å². The molecule has 1 amide bonds. The molecule has 1 aliphatic rings. The molecule has 1 saturated heterocycles. The Kier molecular flexibility index (Phi) is 8.76. The van der Waals surface area contributed by atoms with Crippen molar-refractivity contribution in [2.75, 3.05) is 47.5 Å². The summed E-state index contributed by atoms with van der Waals surface area (Å²) in [6.45, 7) is 8.81. The average molecular weight is 290 g/mol. The zero-order valence-corrected chi connectivity index (χ0v) is 13.7. The van der Waals surface area contributed by atoms with E-state index in [-0.39, 0.29) is 6.09 Å². The number of likely N-dealkylation sites (N-methyl/N-ethyl adjacent to an activating group) is 1. The minimum absolute atomic E-state index is 0.204. The van der Waals surface area contributed by atoms with E-state index in [0.717, 1.165) is 39.8 Å². The summed E-state index contributed by atoms with van der Waals surface area (Å²) in [5.74, 6) is 0. The van der Waals surface area contributed by atoms with Crippen LogP contribution in [0, 0.1) is 0 Å². The van der Waals surface area contributed by atoms with Crippen LogP contribution in [-0.4, -0.2) is 80.2 Å². The fraction of sp³-hybridized carbons (Fsp3) is 0.929. The molecular formula is C14H30N2O4. The molecule has 120 valence electrons. The average Bonchev–Trinajstić information content (AvgIpc) is 2.86. The maximum absolute atomic E-state index is 11.9. The fourth-order valence-electron chi connectivity index (χ4n) is 2.01. The molecule has 1 heterocycles. The Balaban J connectivity index is 0.00000172. The lowest BCUT2D eigenvalue weighted by molar-refractivity contribution is 0.0280. The van der Waals surface area contributed by atoms with Gasteiger partial charge in [0.15, 0.2) is 0 Å². The summed E-state index contributed by atoms with van der Waals surface area (Å²) < 4.78 is 10.4. The number of aliphatic hydroxyl groups excluding tert-OH is 1. The number of likely N-dealkylation sites (tertiary alicyclic amines) is 1. The highest BCUT2D eigenvalue weighted by atomic mass is 16.6. The standard InChI is InChI=1S/C13H26N2O3.CH4O/c1-13(2,3)18-12(16)15-7-6-11(10-15)14(4)8-9-17-5;1-2/h11H,6-10H2,1-5H3;2H,1H3. The van der Waals surface area contributed by atoms with Gasteiger partial charge in [0, 0.05) is 39.9 Å². The van der Waals surface area contributed by atoms with Crippen molar-refractivity contribution in [1.82, 2.24) is 9.80 Å². The summed E-state index contributed by atoms with van der Waals surface area (Å²) in [4.78, 5) is 15.9. The maximum atomic E-state index is 11.9. The third-order valence-corrected chi connectivity index (χ3v) is 3.09. The summed E-state index contributed by atoms with van der Waals surface area (Å²) in [6, 6.07) is 0.410. The Morgan fingerprint density at radius 3 is 2.50 bits per heavy atom. The first kappa shape index (κ1) is 19.1. The van der Waals surface area contributed by atoms with Crippen molar-refractivity contribution in [2.24, 2.45) is 0 Å². The maximum Gasteiger partial charge on any atom is 0.410 e. The number of nitrogens with zero attached hydrogens (tertiary/aromatic N) is 2. The molecular weight excluding hydrogens is 260 g/mol. The number of carbonyl (C=O) groups excluding carboxylic acids is 1. The van der Waals surface area contributed by atoms with Crippen LogP contribution in [0.15, 0.2) is 0 Å². The van der Waals surface area contributed by atoms with Gasteiger partial charge in [0.2, 0.25) is 0 Å². The molecule has 1 atom stereocenters. The number of hydrogen-bond donors (Lipinski definition) is 1. The van der Waals surface area contributed by atoms with E-state index >= 15 is 0 Å². The molecule has 1 fully saturated rings. The molecule has 0 aromatic carbocycles. The highest BCUT2D eigenvalue weighted by molar-refractivity contribution is 5.68. The Bertz CT molecular complexity index is 279. The lowest BCUT2D eigenvalue weighted by Gasteiger charge is -2.26. The predicted octanol–water partition coefficient (Wildman–Crippen LogP) is 1.18. The molecule has 0 saturated carbocycles. The van der Waals surface area contributed by atoms with Crippen molar-refractivity contribution in [1.29, 1.82) is 0 Å². The summed E-state index contributed by atoms with van der Waals surface area (Å²) in [5.41, 5.74) is -0.420. The Morgan fingerprint density at radius 1 is 1.40 bits per heavy atom. The van der Waals surface area contributed by atoms with Crippen molar-refractivity contribution in [2.45, 2.75) is 38.8 Å². The minimum atomic E-state index is -0.420. The normalized spacial score (nSPS) is 18.8. The number of amides is 1. The van der Waals surface area contributed by atoms with E-state index in [4.69, 9.17) is 14.6 Å². The number of rotatable bonds is 4. The molecule has 0 spiro atoms. The van der Waals surface area contributed by atoms with Crippen molar-refractivity contribution in [3.63, 3.8) is 0 Å². The van der Waals surface area contributed by atoms with Gasteiger partial charge in [0.25, 0.3) is 0 Å². The number of aliphatic hydroxyl groups is 1. The van der Waals surface area contributed by atoms with Crippen molar-refractivity contribution >= 4 is 6.09 Å². The predicted molar refractivity (Wildman–Crippen MR) is 78.9 cm³/mol. The molecule has 1 aliphatic heterocycles. The quantitative estimate of drug-likeness (QED) is 0.842. The van der Waals surface area contributed by atoms with Crippen LogP contribution in [-0.2, 0) is 9.47 Å². The van der Waals surface area contributed by atoms with Gasteiger partial charge in [-0.2, -0.15) is 0 Å². The van der Waals surface area contributed by atoms with E-state index in [9.17, 15) is 4.79 Å². The van der Waals surface area contributed by atoms with Crippen LogP contribution in [0.1, 0.15) is 27.2 Å². The first-order valence-electron chi connectivity index (χ1n) is 6.95. The molecule has 0 bridgehead atoms. The topological polar surface area (TPSA) is 62.2 Å². The minimum Gasteiger partial charge on any atom is -0.444 e. The molecule has 0 radical (unpaired) electrons. The second-order valence-electron chi connectivity index (χ2n) is 5.84. The summed E-state index contributed by atoms with van der Waals surface area (Å²) in [5, 5.41) is 7.00. The van der Waals surface area contributed by atoms with Gasteiger partial charge in [-0.05, 0) is 34.2 Å². The Morgan fingerprint density at radius 2 is 2.00 bits per heavy atom. The van der Waals surface area contributed by atoms with Gasteiger partial charge >= 0.3 is 6.09 Å². The van der Waals surface area contributed by atoms with Gasteiger partial charge in [-0.3, -0.25) is 4.90 Å². The fourth-order valence-corrected chi connectivity index (χ4v) is 2.01. The number of ether oxygens (including phenoxy) is 2. The number of carbonyl (C=O) groups is 1. The molecule has 6 heteroatoms. The van der Waals surface area contributed by atoms with Crippen molar-refractivity contribution in [3.05, 3.63) is 0 Å². The number of methoxy groups -OCH3 is 1. The number of hydrogen-bond acceptors (Lipinski definition) is 5. The summed E-state index contributed by atoms with van der Waals surface area (Å²) in [6.07, 6.45) is 0.796. The van der Waals surface area contributed by atoms with Gasteiger partial charge < -0.3 is 19.5 Å². The highest BCUT2D eigenvalue weighted by Crippen LogP contribution is 2.17. The monoisotopic (exact) mass is 290 g/mol. The molecule has 20 heavy (non-hydrogen) atoms. The second-order valence-corrected chi connectivity index (χ2v) is 5.84. The van der Waals surface area contributed by atoms with Crippen LogP contribution in [0.4, 0.5) is 4.79 Å². The third-order valence-electron chi connectivity index (χ3n) is 3.09. The van der Waals surface area contributed by atoms with E-state index in [1.54, 1.807) is 12.0 Å². The first-order chi connectivity index (χ1) is 9.33. The van der Waals surface area contributed by atoms with Crippen LogP contribution < -0.4 is 0 Å². The van der Waals surface area contributed by atoms with Crippen molar-refractivity contribution in [3.8, 4) is 0 Å². The van der Waals surface area contributed by atoms with E-state index in [1.165, 1.54) is 0 Å². The highest BCUT2D eigenvalue weighted by Gasteiger charge is 2.31. The first-order valence-corrected chi connectivity index (χ1v) is 6.95. The third kappa shape index (κ3) is 7.07.